The average molecular weight is 380 g/mol. The molecule has 7 nitrogen and oxygen atoms in total. The number of rotatable bonds is 5. The molecular weight excluding hydrogens is 358 g/mol. The zero-order chi connectivity index (χ0) is 17.8. The van der Waals surface area contributed by atoms with Crippen LogP contribution in [0.2, 0.25) is 0 Å². The molecule has 2 aromatic heterocycles. The molecular formula is C16H21N5O2S2. The summed E-state index contributed by atoms with van der Waals surface area (Å²) in [6.07, 6.45) is 1.80. The van der Waals surface area contributed by atoms with Crippen LogP contribution in [0.15, 0.2) is 27.6 Å². The van der Waals surface area contributed by atoms with Crippen molar-refractivity contribution < 1.29 is 4.79 Å². The number of hydrogen-bond acceptors (Lipinski definition) is 7. The van der Waals surface area contributed by atoms with Gasteiger partial charge in [0.2, 0.25) is 5.91 Å². The van der Waals surface area contributed by atoms with E-state index in [0.717, 1.165) is 23.9 Å². The number of carbonyl (C=O) groups excluding carboxylic acids is 1. The number of H-pyrrole nitrogens is 1. The molecule has 0 radical (unpaired) electrons. The summed E-state index contributed by atoms with van der Waals surface area (Å²) in [5, 5.41) is 3.47. The highest BCUT2D eigenvalue weighted by molar-refractivity contribution is 7.99. The second-order valence-corrected chi connectivity index (χ2v) is 7.94. The average Bonchev–Trinajstić information content (AvgIpc) is 3.14. The third-order valence-corrected chi connectivity index (χ3v) is 5.68. The maximum absolute atomic E-state index is 12.4. The SMILES string of the molecule is CC(C)c1cc(=O)[nH]c(SCC(=O)N2CCN(c3nccs3)CC2)n1. The first-order valence-corrected chi connectivity index (χ1v) is 10.1. The summed E-state index contributed by atoms with van der Waals surface area (Å²) in [4.78, 5) is 39.6. The monoisotopic (exact) mass is 379 g/mol. The number of nitrogens with zero attached hydrogens (tertiary/aromatic N) is 4. The van der Waals surface area contributed by atoms with Gasteiger partial charge < -0.3 is 14.8 Å². The van der Waals surface area contributed by atoms with Crippen LogP contribution in [0.4, 0.5) is 5.13 Å². The Bertz CT molecular complexity index is 767. The lowest BCUT2D eigenvalue weighted by Crippen LogP contribution is -2.49. The van der Waals surface area contributed by atoms with Crippen LogP contribution in [0.5, 0.6) is 0 Å². The number of carbonyl (C=O) groups is 1. The van der Waals surface area contributed by atoms with Crippen LogP contribution in [0.3, 0.4) is 0 Å². The molecule has 1 saturated heterocycles. The maximum atomic E-state index is 12.4. The van der Waals surface area contributed by atoms with Crippen molar-refractivity contribution >= 4 is 34.1 Å². The van der Waals surface area contributed by atoms with Gasteiger partial charge in [0.1, 0.15) is 0 Å². The van der Waals surface area contributed by atoms with Crippen LogP contribution in [0.25, 0.3) is 0 Å². The van der Waals surface area contributed by atoms with Gasteiger partial charge in [0, 0.05) is 43.8 Å². The number of nitrogens with one attached hydrogen (secondary N) is 1. The number of aromatic nitrogens is 3. The second-order valence-electron chi connectivity index (χ2n) is 6.10. The van der Waals surface area contributed by atoms with Crippen molar-refractivity contribution in [1.82, 2.24) is 19.9 Å². The first-order valence-electron chi connectivity index (χ1n) is 8.19. The number of hydrogen-bond donors (Lipinski definition) is 1. The number of thiazole rings is 1. The molecule has 0 aromatic carbocycles. The minimum Gasteiger partial charge on any atom is -0.345 e. The van der Waals surface area contributed by atoms with E-state index >= 15 is 0 Å². The van der Waals surface area contributed by atoms with Crippen molar-refractivity contribution in [3.8, 4) is 0 Å². The fourth-order valence-corrected chi connectivity index (χ4v) is 4.04. The van der Waals surface area contributed by atoms with Gasteiger partial charge in [-0.1, -0.05) is 25.6 Å². The van der Waals surface area contributed by atoms with Gasteiger partial charge in [-0.05, 0) is 5.92 Å². The van der Waals surface area contributed by atoms with Crippen molar-refractivity contribution in [3.05, 3.63) is 33.7 Å². The number of anilines is 1. The van der Waals surface area contributed by atoms with E-state index in [0.29, 0.717) is 18.2 Å². The Hall–Kier alpha value is -1.87. The van der Waals surface area contributed by atoms with Gasteiger partial charge >= 0.3 is 0 Å². The summed E-state index contributed by atoms with van der Waals surface area (Å²) in [7, 11) is 0. The van der Waals surface area contributed by atoms with Crippen LogP contribution in [-0.4, -0.2) is 57.7 Å². The lowest BCUT2D eigenvalue weighted by atomic mass is 10.1. The van der Waals surface area contributed by atoms with Gasteiger partial charge in [-0.3, -0.25) is 9.59 Å². The molecule has 1 aliphatic rings. The molecule has 3 heterocycles. The molecule has 25 heavy (non-hydrogen) atoms. The van der Waals surface area contributed by atoms with E-state index < -0.39 is 0 Å². The van der Waals surface area contributed by atoms with Crippen LogP contribution in [0, 0.1) is 0 Å². The van der Waals surface area contributed by atoms with E-state index in [9.17, 15) is 9.59 Å². The van der Waals surface area contributed by atoms with Crippen molar-refractivity contribution in [3.63, 3.8) is 0 Å². The van der Waals surface area contributed by atoms with Gasteiger partial charge in [-0.15, -0.1) is 11.3 Å². The van der Waals surface area contributed by atoms with E-state index in [1.807, 2.05) is 24.1 Å². The van der Waals surface area contributed by atoms with E-state index in [-0.39, 0.29) is 23.1 Å². The van der Waals surface area contributed by atoms with Crippen molar-refractivity contribution in [2.24, 2.45) is 0 Å². The Balaban J connectivity index is 1.53. The van der Waals surface area contributed by atoms with Crippen molar-refractivity contribution in [2.45, 2.75) is 24.9 Å². The molecule has 1 amide bonds. The molecule has 0 atom stereocenters. The van der Waals surface area contributed by atoms with Gasteiger partial charge in [-0.25, -0.2) is 9.97 Å². The number of piperazine rings is 1. The smallest absolute Gasteiger partial charge is 0.251 e. The Morgan fingerprint density at radius 2 is 2.12 bits per heavy atom. The van der Waals surface area contributed by atoms with Crippen LogP contribution < -0.4 is 10.5 Å². The fourth-order valence-electron chi connectivity index (χ4n) is 2.56. The fraction of sp³-hybridized carbons (Fsp3) is 0.500. The van der Waals surface area contributed by atoms with Gasteiger partial charge in [-0.2, -0.15) is 0 Å². The molecule has 9 heteroatoms. The summed E-state index contributed by atoms with van der Waals surface area (Å²) in [5.41, 5.74) is 0.571. The van der Waals surface area contributed by atoms with Gasteiger partial charge in [0.15, 0.2) is 10.3 Å². The third-order valence-electron chi connectivity index (χ3n) is 3.99. The summed E-state index contributed by atoms with van der Waals surface area (Å²) in [5.74, 6) is 0.527. The Morgan fingerprint density at radius 3 is 2.76 bits per heavy atom. The van der Waals surface area contributed by atoms with Gasteiger partial charge in [0.25, 0.3) is 5.56 Å². The zero-order valence-corrected chi connectivity index (χ0v) is 15.9. The van der Waals surface area contributed by atoms with E-state index in [4.69, 9.17) is 0 Å². The molecule has 0 spiro atoms. The lowest BCUT2D eigenvalue weighted by molar-refractivity contribution is -0.128. The summed E-state index contributed by atoms with van der Waals surface area (Å²) >= 11 is 2.90. The van der Waals surface area contributed by atoms with Crippen LogP contribution in [-0.2, 0) is 4.79 Å². The maximum Gasteiger partial charge on any atom is 0.251 e. The molecule has 0 unspecified atom stereocenters. The zero-order valence-electron chi connectivity index (χ0n) is 14.3. The lowest BCUT2D eigenvalue weighted by Gasteiger charge is -2.34. The number of thioether (sulfide) groups is 1. The second kappa shape index (κ2) is 8.01. The Kier molecular flexibility index (Phi) is 5.74. The standard InChI is InChI=1S/C16H21N5O2S2/c1-11(2)12-9-13(22)19-15(18-12)25-10-14(23)20-4-6-21(7-5-20)16-17-3-8-24-16/h3,8-9,11H,4-7,10H2,1-2H3,(H,18,19,22). The highest BCUT2D eigenvalue weighted by Crippen LogP contribution is 2.20. The normalized spacial score (nSPS) is 15.0. The highest BCUT2D eigenvalue weighted by atomic mass is 32.2. The van der Waals surface area contributed by atoms with Crippen LogP contribution >= 0.6 is 23.1 Å². The van der Waals surface area contributed by atoms with E-state index in [1.165, 1.54) is 17.8 Å². The molecule has 0 bridgehead atoms. The minimum absolute atomic E-state index is 0.0707. The molecule has 134 valence electrons. The minimum atomic E-state index is -0.175. The van der Waals surface area contributed by atoms with E-state index in [1.54, 1.807) is 17.5 Å². The first kappa shape index (κ1) is 17.9. The molecule has 0 aliphatic carbocycles. The molecule has 2 aromatic rings. The first-order chi connectivity index (χ1) is 12.0. The molecule has 1 N–H and O–H groups in total. The number of aromatic amines is 1. The molecule has 1 fully saturated rings. The predicted molar refractivity (Wildman–Crippen MR) is 101 cm³/mol. The topological polar surface area (TPSA) is 82.2 Å². The molecule has 3 rings (SSSR count). The number of amides is 1. The molecule has 1 aliphatic heterocycles. The Labute approximate surface area is 154 Å². The van der Waals surface area contributed by atoms with Crippen molar-refractivity contribution in [1.29, 1.82) is 0 Å². The highest BCUT2D eigenvalue weighted by Gasteiger charge is 2.22. The summed E-state index contributed by atoms with van der Waals surface area (Å²) < 4.78 is 0. The predicted octanol–water partition coefficient (Wildman–Crippen LogP) is 1.79. The summed E-state index contributed by atoms with van der Waals surface area (Å²) in [6.45, 7) is 6.94. The Morgan fingerprint density at radius 1 is 1.36 bits per heavy atom. The van der Waals surface area contributed by atoms with E-state index in [2.05, 4.69) is 19.9 Å². The molecule has 0 saturated carbocycles. The van der Waals surface area contributed by atoms with Crippen molar-refractivity contribution in [2.75, 3.05) is 36.8 Å². The third kappa shape index (κ3) is 4.60. The van der Waals surface area contributed by atoms with Crippen LogP contribution in [0.1, 0.15) is 25.5 Å². The quantitative estimate of drug-likeness (QED) is 0.630. The summed E-state index contributed by atoms with van der Waals surface area (Å²) in [6, 6.07) is 1.51. The largest absolute Gasteiger partial charge is 0.345 e. The van der Waals surface area contributed by atoms with Gasteiger partial charge in [0.05, 0.1) is 11.4 Å².